The molecule has 0 bridgehead atoms. The Morgan fingerprint density at radius 3 is 3.13 bits per heavy atom. The Labute approximate surface area is 88.7 Å². The quantitative estimate of drug-likeness (QED) is 0.827. The smallest absolute Gasteiger partial charge is 0.105 e. The summed E-state index contributed by atoms with van der Waals surface area (Å²) in [5.41, 5.74) is 6.88. The molecule has 2 aromatic rings. The molecule has 2 heterocycles. The molecule has 80 valence electrons. The Bertz CT molecular complexity index is 403. The summed E-state index contributed by atoms with van der Waals surface area (Å²) in [5, 5.41) is 0. The highest BCUT2D eigenvalue weighted by Crippen LogP contribution is 2.10. The van der Waals surface area contributed by atoms with Crippen LogP contribution in [-0.2, 0) is 13.0 Å². The summed E-state index contributed by atoms with van der Waals surface area (Å²) in [6, 6.07) is 3.89. The zero-order valence-electron chi connectivity index (χ0n) is 8.76. The largest absolute Gasteiger partial charge is 0.469 e. The molecule has 0 aliphatic heterocycles. The molecule has 0 fully saturated rings. The zero-order valence-corrected chi connectivity index (χ0v) is 8.76. The lowest BCUT2D eigenvalue weighted by Crippen LogP contribution is -2.12. The lowest BCUT2D eigenvalue weighted by atomic mass is 10.2. The number of aromatic nitrogens is 2. The van der Waals surface area contributed by atoms with Gasteiger partial charge in [0.25, 0.3) is 0 Å². The molecule has 0 aliphatic carbocycles. The van der Waals surface area contributed by atoms with Crippen molar-refractivity contribution in [3.8, 4) is 0 Å². The van der Waals surface area contributed by atoms with Gasteiger partial charge in [-0.25, -0.2) is 4.98 Å². The predicted molar refractivity (Wildman–Crippen MR) is 57.2 cm³/mol. The third-order valence-corrected chi connectivity index (χ3v) is 2.39. The third-order valence-electron chi connectivity index (χ3n) is 2.39. The fraction of sp³-hybridized carbons (Fsp3) is 0.364. The van der Waals surface area contributed by atoms with Gasteiger partial charge in [0.2, 0.25) is 0 Å². The van der Waals surface area contributed by atoms with Crippen LogP contribution in [0.1, 0.15) is 24.4 Å². The average molecular weight is 205 g/mol. The van der Waals surface area contributed by atoms with Gasteiger partial charge in [0.15, 0.2) is 0 Å². The molecule has 4 nitrogen and oxygen atoms in total. The molecule has 0 aromatic carbocycles. The van der Waals surface area contributed by atoms with E-state index in [0.717, 1.165) is 24.4 Å². The van der Waals surface area contributed by atoms with E-state index in [0.29, 0.717) is 0 Å². The van der Waals surface area contributed by atoms with E-state index in [2.05, 4.69) is 9.55 Å². The Morgan fingerprint density at radius 2 is 2.47 bits per heavy atom. The fourth-order valence-electron chi connectivity index (χ4n) is 1.58. The van der Waals surface area contributed by atoms with Gasteiger partial charge in [-0.2, -0.15) is 0 Å². The SMILES string of the molecule is C[C@@H](N)c1cncn1CCc1ccco1. The van der Waals surface area contributed by atoms with E-state index in [1.807, 2.05) is 31.6 Å². The van der Waals surface area contributed by atoms with Crippen molar-refractivity contribution in [1.29, 1.82) is 0 Å². The zero-order chi connectivity index (χ0) is 10.7. The normalized spacial score (nSPS) is 12.9. The summed E-state index contributed by atoms with van der Waals surface area (Å²) in [6.07, 6.45) is 6.17. The maximum absolute atomic E-state index is 5.82. The molecule has 15 heavy (non-hydrogen) atoms. The third kappa shape index (κ3) is 2.27. The number of nitrogens with zero attached hydrogens (tertiary/aromatic N) is 2. The monoisotopic (exact) mass is 205 g/mol. The molecular weight excluding hydrogens is 190 g/mol. The first-order valence-electron chi connectivity index (χ1n) is 5.05. The van der Waals surface area contributed by atoms with Crippen molar-refractivity contribution in [2.24, 2.45) is 5.73 Å². The molecule has 0 unspecified atom stereocenters. The van der Waals surface area contributed by atoms with Crippen molar-refractivity contribution in [2.75, 3.05) is 0 Å². The molecular formula is C11H15N3O. The minimum Gasteiger partial charge on any atom is -0.469 e. The van der Waals surface area contributed by atoms with Gasteiger partial charge in [-0.3, -0.25) is 0 Å². The highest BCUT2D eigenvalue weighted by atomic mass is 16.3. The van der Waals surface area contributed by atoms with Crippen molar-refractivity contribution in [3.05, 3.63) is 42.4 Å². The first-order valence-corrected chi connectivity index (χ1v) is 5.05. The molecule has 0 saturated heterocycles. The van der Waals surface area contributed by atoms with Crippen molar-refractivity contribution < 1.29 is 4.42 Å². The molecule has 0 saturated carbocycles. The van der Waals surface area contributed by atoms with Crippen molar-refractivity contribution in [1.82, 2.24) is 9.55 Å². The number of rotatable bonds is 4. The lowest BCUT2D eigenvalue weighted by molar-refractivity contribution is 0.486. The summed E-state index contributed by atoms with van der Waals surface area (Å²) < 4.78 is 7.33. The van der Waals surface area contributed by atoms with E-state index >= 15 is 0 Å². The van der Waals surface area contributed by atoms with Crippen LogP contribution in [0.2, 0.25) is 0 Å². The van der Waals surface area contributed by atoms with Gasteiger partial charge in [-0.15, -0.1) is 0 Å². The Morgan fingerprint density at radius 1 is 1.60 bits per heavy atom. The van der Waals surface area contributed by atoms with Crippen LogP contribution in [0.25, 0.3) is 0 Å². The second kappa shape index (κ2) is 4.31. The van der Waals surface area contributed by atoms with Gasteiger partial charge in [-0.05, 0) is 19.1 Å². The topological polar surface area (TPSA) is 57.0 Å². The minimum atomic E-state index is 0.0177. The van der Waals surface area contributed by atoms with Crippen LogP contribution in [0, 0.1) is 0 Å². The van der Waals surface area contributed by atoms with Crippen molar-refractivity contribution in [3.63, 3.8) is 0 Å². The predicted octanol–water partition coefficient (Wildman–Crippen LogP) is 1.74. The van der Waals surface area contributed by atoms with Crippen LogP contribution < -0.4 is 5.73 Å². The van der Waals surface area contributed by atoms with Crippen LogP contribution in [0.3, 0.4) is 0 Å². The highest BCUT2D eigenvalue weighted by molar-refractivity contribution is 5.04. The van der Waals surface area contributed by atoms with E-state index in [-0.39, 0.29) is 6.04 Å². The number of nitrogens with two attached hydrogens (primary N) is 1. The van der Waals surface area contributed by atoms with Gasteiger partial charge >= 0.3 is 0 Å². The maximum atomic E-state index is 5.82. The molecule has 4 heteroatoms. The second-order valence-corrected chi connectivity index (χ2v) is 3.63. The van der Waals surface area contributed by atoms with E-state index in [1.165, 1.54) is 0 Å². The maximum Gasteiger partial charge on any atom is 0.105 e. The minimum absolute atomic E-state index is 0.0177. The summed E-state index contributed by atoms with van der Waals surface area (Å²) in [4.78, 5) is 4.10. The molecule has 1 atom stereocenters. The highest BCUT2D eigenvalue weighted by Gasteiger charge is 2.06. The number of hydrogen-bond donors (Lipinski definition) is 1. The summed E-state index contributed by atoms with van der Waals surface area (Å²) in [6.45, 7) is 2.81. The van der Waals surface area contributed by atoms with Crippen LogP contribution in [0.4, 0.5) is 0 Å². The van der Waals surface area contributed by atoms with E-state index < -0.39 is 0 Å². The number of imidazole rings is 1. The molecule has 0 radical (unpaired) electrons. The molecule has 2 N–H and O–H groups in total. The van der Waals surface area contributed by atoms with Crippen molar-refractivity contribution >= 4 is 0 Å². The first-order chi connectivity index (χ1) is 7.27. The van der Waals surface area contributed by atoms with Gasteiger partial charge in [0.1, 0.15) is 5.76 Å². The van der Waals surface area contributed by atoms with Gasteiger partial charge in [-0.1, -0.05) is 0 Å². The Kier molecular flexibility index (Phi) is 2.87. The van der Waals surface area contributed by atoms with E-state index in [9.17, 15) is 0 Å². The molecule has 0 aliphatic rings. The van der Waals surface area contributed by atoms with Crippen LogP contribution >= 0.6 is 0 Å². The van der Waals surface area contributed by atoms with Gasteiger partial charge in [0.05, 0.1) is 18.3 Å². The molecule has 0 spiro atoms. The summed E-state index contributed by atoms with van der Waals surface area (Å²) in [7, 11) is 0. The fourth-order valence-corrected chi connectivity index (χ4v) is 1.58. The van der Waals surface area contributed by atoms with Crippen molar-refractivity contribution in [2.45, 2.75) is 25.9 Å². The molecule has 2 aromatic heterocycles. The van der Waals surface area contributed by atoms with Gasteiger partial charge in [0, 0.05) is 25.2 Å². The second-order valence-electron chi connectivity index (χ2n) is 3.63. The lowest BCUT2D eigenvalue weighted by Gasteiger charge is -2.09. The average Bonchev–Trinajstić information content (AvgIpc) is 2.86. The molecule has 0 amide bonds. The standard InChI is InChI=1S/C11H15N3O/c1-9(12)11-7-13-8-14(11)5-4-10-3-2-6-15-10/h2-3,6-9H,4-5,12H2,1H3/t9-/m1/s1. The Balaban J connectivity index is 2.02. The van der Waals surface area contributed by atoms with Crippen LogP contribution in [0.15, 0.2) is 35.3 Å². The van der Waals surface area contributed by atoms with Gasteiger partial charge < -0.3 is 14.7 Å². The van der Waals surface area contributed by atoms with E-state index in [1.54, 1.807) is 6.26 Å². The van der Waals surface area contributed by atoms with E-state index in [4.69, 9.17) is 10.2 Å². The number of hydrogen-bond acceptors (Lipinski definition) is 3. The number of furan rings is 1. The van der Waals surface area contributed by atoms with Crippen LogP contribution in [0.5, 0.6) is 0 Å². The first kappa shape index (κ1) is 9.98. The Hall–Kier alpha value is -1.55. The number of aryl methyl sites for hydroxylation is 2. The van der Waals surface area contributed by atoms with Crippen LogP contribution in [-0.4, -0.2) is 9.55 Å². The summed E-state index contributed by atoms with van der Waals surface area (Å²) >= 11 is 0. The molecule has 2 rings (SSSR count). The summed E-state index contributed by atoms with van der Waals surface area (Å²) in [5.74, 6) is 0.985.